The summed E-state index contributed by atoms with van der Waals surface area (Å²) in [6.07, 6.45) is 6.82. The predicted octanol–water partition coefficient (Wildman–Crippen LogP) is 3.19. The summed E-state index contributed by atoms with van der Waals surface area (Å²) in [6, 6.07) is 5.40. The highest BCUT2D eigenvalue weighted by Gasteiger charge is 2.34. The average molecular weight is 448 g/mol. The fourth-order valence-electron chi connectivity index (χ4n) is 3.72. The van der Waals surface area contributed by atoms with Crippen molar-refractivity contribution in [2.24, 2.45) is 0 Å². The van der Waals surface area contributed by atoms with Crippen molar-refractivity contribution in [3.05, 3.63) is 59.2 Å². The standard InChI is InChI=1S/C22H26FN3O4S/c1-30-22(29)21(17-5-2-3-6-18(17)23)25-10-8-19(31)16(14-25)11-15-12-24-26(13-15)9-4-7-20(27)28/h2-3,5-6,11-13,19,21,31H,4,7-10,14H2,1H3,(H,27,28)/b16-11+. The van der Waals surface area contributed by atoms with Gasteiger partial charge in [0.2, 0.25) is 0 Å². The quantitative estimate of drug-likeness (QED) is 0.478. The number of likely N-dealkylation sites (tertiary alicyclic amines) is 1. The number of carboxylic acids is 1. The minimum absolute atomic E-state index is 0.00512. The lowest BCUT2D eigenvalue weighted by atomic mass is 9.97. The van der Waals surface area contributed by atoms with E-state index in [4.69, 9.17) is 9.84 Å². The second-order valence-electron chi connectivity index (χ2n) is 7.48. The van der Waals surface area contributed by atoms with Gasteiger partial charge in [-0.3, -0.25) is 14.4 Å². The Balaban J connectivity index is 1.78. The van der Waals surface area contributed by atoms with Crippen LogP contribution in [-0.2, 0) is 20.9 Å². The molecule has 7 nitrogen and oxygen atoms in total. The van der Waals surface area contributed by atoms with E-state index in [1.165, 1.54) is 13.2 Å². The lowest BCUT2D eigenvalue weighted by Crippen LogP contribution is -2.42. The zero-order valence-corrected chi connectivity index (χ0v) is 18.2. The lowest BCUT2D eigenvalue weighted by molar-refractivity contribution is -0.147. The van der Waals surface area contributed by atoms with E-state index in [-0.39, 0.29) is 17.2 Å². The Morgan fingerprint density at radius 1 is 1.42 bits per heavy atom. The fraction of sp³-hybridized carbons (Fsp3) is 0.409. The number of methoxy groups -OCH3 is 1. The van der Waals surface area contributed by atoms with Gasteiger partial charge < -0.3 is 9.84 Å². The minimum Gasteiger partial charge on any atom is -0.481 e. The summed E-state index contributed by atoms with van der Waals surface area (Å²) in [5.41, 5.74) is 2.15. The third kappa shape index (κ3) is 5.95. The maximum absolute atomic E-state index is 14.5. The van der Waals surface area contributed by atoms with E-state index in [0.29, 0.717) is 32.5 Å². The van der Waals surface area contributed by atoms with Gasteiger partial charge in [-0.1, -0.05) is 24.3 Å². The van der Waals surface area contributed by atoms with Crippen LogP contribution in [0.3, 0.4) is 0 Å². The number of hydrogen-bond donors (Lipinski definition) is 2. The summed E-state index contributed by atoms with van der Waals surface area (Å²) < 4.78 is 21.1. The number of carbonyl (C=O) groups is 2. The van der Waals surface area contributed by atoms with E-state index in [0.717, 1.165) is 11.1 Å². The van der Waals surface area contributed by atoms with Crippen molar-refractivity contribution in [1.82, 2.24) is 14.7 Å². The first-order valence-corrected chi connectivity index (χ1v) is 10.6. The molecule has 3 rings (SSSR count). The summed E-state index contributed by atoms with van der Waals surface area (Å²) >= 11 is 4.69. The number of piperidine rings is 1. The number of halogens is 1. The van der Waals surface area contributed by atoms with Crippen LogP contribution in [0.4, 0.5) is 4.39 Å². The lowest BCUT2D eigenvalue weighted by Gasteiger charge is -2.36. The van der Waals surface area contributed by atoms with Crippen molar-refractivity contribution in [3.63, 3.8) is 0 Å². The molecule has 0 aliphatic carbocycles. The number of benzene rings is 1. The van der Waals surface area contributed by atoms with Crippen molar-refractivity contribution < 1.29 is 23.8 Å². The molecule has 166 valence electrons. The van der Waals surface area contributed by atoms with Gasteiger partial charge in [0.1, 0.15) is 11.9 Å². The molecule has 1 aromatic heterocycles. The Morgan fingerprint density at radius 3 is 2.90 bits per heavy atom. The number of aliphatic carboxylic acids is 1. The molecule has 2 atom stereocenters. The van der Waals surface area contributed by atoms with Crippen LogP contribution in [-0.4, -0.2) is 57.2 Å². The van der Waals surface area contributed by atoms with Crippen LogP contribution in [0.15, 0.2) is 42.2 Å². The zero-order valence-electron chi connectivity index (χ0n) is 17.3. The molecule has 9 heteroatoms. The van der Waals surface area contributed by atoms with E-state index >= 15 is 0 Å². The van der Waals surface area contributed by atoms with Crippen molar-refractivity contribution in [2.45, 2.75) is 37.1 Å². The molecule has 1 saturated heterocycles. The van der Waals surface area contributed by atoms with E-state index in [9.17, 15) is 14.0 Å². The van der Waals surface area contributed by atoms with Crippen LogP contribution in [0.1, 0.15) is 36.4 Å². The van der Waals surface area contributed by atoms with Gasteiger partial charge in [-0.25, -0.2) is 9.18 Å². The maximum atomic E-state index is 14.5. The Labute approximate surface area is 185 Å². The van der Waals surface area contributed by atoms with Gasteiger partial charge in [-0.2, -0.15) is 17.7 Å². The first kappa shape index (κ1) is 23.0. The number of thiol groups is 1. The number of esters is 1. The summed E-state index contributed by atoms with van der Waals surface area (Å²) in [5.74, 6) is -1.78. The Hall–Kier alpha value is -2.65. The highest BCUT2D eigenvalue weighted by Crippen LogP contribution is 2.32. The SMILES string of the molecule is COC(=O)C(c1ccccc1F)N1CCC(S)/C(=C/c2cnn(CCCC(=O)O)c2)C1. The fourth-order valence-corrected chi connectivity index (χ4v) is 3.99. The molecule has 0 radical (unpaired) electrons. The molecule has 0 spiro atoms. The van der Waals surface area contributed by atoms with Gasteiger partial charge in [0.15, 0.2) is 0 Å². The number of ether oxygens (including phenoxy) is 1. The highest BCUT2D eigenvalue weighted by molar-refractivity contribution is 7.81. The van der Waals surface area contributed by atoms with E-state index < -0.39 is 23.8 Å². The second kappa shape index (κ2) is 10.6. The summed E-state index contributed by atoms with van der Waals surface area (Å²) in [4.78, 5) is 25.1. The molecule has 1 aliphatic rings. The molecular weight excluding hydrogens is 421 g/mol. The summed E-state index contributed by atoms with van der Waals surface area (Å²) in [6.45, 7) is 1.53. The molecular formula is C22H26FN3O4S. The molecule has 2 heterocycles. The molecule has 31 heavy (non-hydrogen) atoms. The number of carbonyl (C=O) groups excluding carboxylic acids is 1. The van der Waals surface area contributed by atoms with Crippen LogP contribution >= 0.6 is 12.6 Å². The van der Waals surface area contributed by atoms with Crippen molar-refractivity contribution in [3.8, 4) is 0 Å². The minimum atomic E-state index is -0.839. The number of aryl methyl sites for hydroxylation is 1. The van der Waals surface area contributed by atoms with Gasteiger partial charge in [-0.05, 0) is 24.5 Å². The van der Waals surface area contributed by atoms with E-state index in [1.54, 1.807) is 29.1 Å². The predicted molar refractivity (Wildman–Crippen MR) is 117 cm³/mol. The number of aromatic nitrogens is 2. The van der Waals surface area contributed by atoms with Crippen molar-refractivity contribution in [1.29, 1.82) is 0 Å². The third-order valence-electron chi connectivity index (χ3n) is 5.28. The zero-order chi connectivity index (χ0) is 22.4. The molecule has 1 fully saturated rings. The summed E-state index contributed by atoms with van der Waals surface area (Å²) in [5, 5.41) is 13.0. The number of hydrogen-bond acceptors (Lipinski definition) is 6. The Bertz CT molecular complexity index is 962. The van der Waals surface area contributed by atoms with E-state index in [1.807, 2.05) is 17.2 Å². The molecule has 0 bridgehead atoms. The Kier molecular flexibility index (Phi) is 7.86. The maximum Gasteiger partial charge on any atom is 0.327 e. The molecule has 1 N–H and O–H groups in total. The van der Waals surface area contributed by atoms with Crippen LogP contribution < -0.4 is 0 Å². The number of carboxylic acid groups (broad SMARTS) is 1. The van der Waals surface area contributed by atoms with Gasteiger partial charge in [0.05, 0.1) is 13.3 Å². The number of nitrogens with zero attached hydrogens (tertiary/aromatic N) is 3. The van der Waals surface area contributed by atoms with Gasteiger partial charge >= 0.3 is 11.9 Å². The average Bonchev–Trinajstić information content (AvgIpc) is 3.18. The summed E-state index contributed by atoms with van der Waals surface area (Å²) in [7, 11) is 1.30. The van der Waals surface area contributed by atoms with Crippen LogP contribution in [0.5, 0.6) is 0 Å². The second-order valence-corrected chi connectivity index (χ2v) is 8.10. The smallest absolute Gasteiger partial charge is 0.327 e. The first-order chi connectivity index (χ1) is 14.9. The normalized spacial score (nSPS) is 19.3. The molecule has 0 saturated carbocycles. The molecule has 2 aromatic rings. The van der Waals surface area contributed by atoms with Gasteiger partial charge in [-0.15, -0.1) is 0 Å². The molecule has 2 unspecified atom stereocenters. The molecule has 0 amide bonds. The monoisotopic (exact) mass is 447 g/mol. The molecule has 1 aliphatic heterocycles. The largest absolute Gasteiger partial charge is 0.481 e. The third-order valence-corrected chi connectivity index (χ3v) is 5.87. The highest BCUT2D eigenvalue weighted by atomic mass is 32.1. The topological polar surface area (TPSA) is 84.7 Å². The van der Waals surface area contributed by atoms with Crippen LogP contribution in [0.2, 0.25) is 0 Å². The van der Waals surface area contributed by atoms with Crippen molar-refractivity contribution in [2.75, 3.05) is 20.2 Å². The van der Waals surface area contributed by atoms with Crippen LogP contribution in [0, 0.1) is 5.82 Å². The van der Waals surface area contributed by atoms with Crippen LogP contribution in [0.25, 0.3) is 6.08 Å². The Morgan fingerprint density at radius 2 is 2.19 bits per heavy atom. The molecule has 1 aromatic carbocycles. The van der Waals surface area contributed by atoms with E-state index in [2.05, 4.69) is 17.7 Å². The number of rotatable bonds is 8. The van der Waals surface area contributed by atoms with Crippen molar-refractivity contribution >= 4 is 30.6 Å². The van der Waals surface area contributed by atoms with Gasteiger partial charge in [0.25, 0.3) is 0 Å². The van der Waals surface area contributed by atoms with Gasteiger partial charge in [0, 0.05) is 48.6 Å². The first-order valence-electron chi connectivity index (χ1n) is 10.1.